The molecule has 0 aliphatic heterocycles. The Hall–Kier alpha value is -2.62. The first kappa shape index (κ1) is 10.5. The van der Waals surface area contributed by atoms with Gasteiger partial charge in [0, 0.05) is 6.20 Å². The number of nitrogens with zero attached hydrogens (tertiary/aromatic N) is 2. The fourth-order valence-electron chi connectivity index (χ4n) is 1.70. The maximum atomic E-state index is 12.0. The van der Waals surface area contributed by atoms with Gasteiger partial charge in [-0.2, -0.15) is 5.10 Å². The first-order valence-electron chi connectivity index (χ1n) is 5.54. The second-order valence-electron chi connectivity index (χ2n) is 3.79. The van der Waals surface area contributed by atoms with Crippen molar-refractivity contribution >= 4 is 5.78 Å². The molecule has 0 bridgehead atoms. The van der Waals surface area contributed by atoms with Crippen molar-refractivity contribution in [3.63, 3.8) is 0 Å². The highest BCUT2D eigenvalue weighted by Crippen LogP contribution is 2.11. The Labute approximate surface area is 103 Å². The van der Waals surface area contributed by atoms with Gasteiger partial charge < -0.3 is 4.42 Å². The summed E-state index contributed by atoms with van der Waals surface area (Å²) in [5, 5.41) is 4.24. The Bertz CT molecular complexity index is 654. The van der Waals surface area contributed by atoms with Gasteiger partial charge >= 0.3 is 0 Å². The van der Waals surface area contributed by atoms with Gasteiger partial charge in [-0.15, -0.1) is 0 Å². The van der Waals surface area contributed by atoms with Crippen molar-refractivity contribution in [2.75, 3.05) is 0 Å². The molecule has 4 heteroatoms. The smallest absolute Gasteiger partial charge is 0.248 e. The molecule has 0 spiro atoms. The summed E-state index contributed by atoms with van der Waals surface area (Å²) in [4.78, 5) is 12.0. The van der Waals surface area contributed by atoms with E-state index in [1.807, 2.05) is 30.3 Å². The number of carbonyl (C=O) groups is 1. The van der Waals surface area contributed by atoms with Gasteiger partial charge in [0.15, 0.2) is 5.76 Å². The van der Waals surface area contributed by atoms with E-state index in [9.17, 15) is 4.79 Å². The molecule has 18 heavy (non-hydrogen) atoms. The average molecular weight is 238 g/mol. The standard InChI is InChI=1S/C14H10N2O2/c17-14(13-7-4-10-18-13)12-8-9-16(15-12)11-5-2-1-3-6-11/h1-10H. The second kappa shape index (κ2) is 4.33. The number of ketones is 1. The van der Waals surface area contributed by atoms with E-state index in [0.29, 0.717) is 11.5 Å². The zero-order valence-corrected chi connectivity index (χ0v) is 9.48. The fraction of sp³-hybridized carbons (Fsp3) is 0. The maximum Gasteiger partial charge on any atom is 0.248 e. The molecule has 0 aliphatic carbocycles. The van der Waals surface area contributed by atoms with Gasteiger partial charge in [0.1, 0.15) is 5.69 Å². The van der Waals surface area contributed by atoms with Crippen LogP contribution in [0.4, 0.5) is 0 Å². The van der Waals surface area contributed by atoms with E-state index in [1.165, 1.54) is 6.26 Å². The highest BCUT2D eigenvalue weighted by molar-refractivity contribution is 6.05. The van der Waals surface area contributed by atoms with Crippen LogP contribution in [0.1, 0.15) is 16.2 Å². The van der Waals surface area contributed by atoms with Crippen LogP contribution in [0.3, 0.4) is 0 Å². The molecule has 0 atom stereocenters. The van der Waals surface area contributed by atoms with Crippen LogP contribution in [0.5, 0.6) is 0 Å². The van der Waals surface area contributed by atoms with Crippen LogP contribution in [-0.2, 0) is 0 Å². The molecule has 2 heterocycles. The van der Waals surface area contributed by atoms with Crippen LogP contribution in [0.2, 0.25) is 0 Å². The van der Waals surface area contributed by atoms with Gasteiger partial charge in [-0.05, 0) is 30.3 Å². The molecule has 4 nitrogen and oxygen atoms in total. The SMILES string of the molecule is O=C(c1ccn(-c2ccccc2)n1)c1ccco1. The predicted octanol–water partition coefficient (Wildman–Crippen LogP) is 2.70. The molecule has 88 valence electrons. The molecule has 0 N–H and O–H groups in total. The van der Waals surface area contributed by atoms with Crippen molar-refractivity contribution in [2.24, 2.45) is 0 Å². The molecule has 3 aromatic rings. The van der Waals surface area contributed by atoms with Crippen LogP contribution in [-0.4, -0.2) is 15.6 Å². The van der Waals surface area contributed by atoms with Crippen LogP contribution in [0, 0.1) is 0 Å². The van der Waals surface area contributed by atoms with Crippen molar-refractivity contribution in [1.82, 2.24) is 9.78 Å². The molecule has 0 saturated heterocycles. The van der Waals surface area contributed by atoms with Gasteiger partial charge in [0.05, 0.1) is 12.0 Å². The summed E-state index contributed by atoms with van der Waals surface area (Å²) in [6.45, 7) is 0. The molecule has 3 rings (SSSR count). The number of aromatic nitrogens is 2. The van der Waals surface area contributed by atoms with Crippen molar-refractivity contribution in [3.8, 4) is 5.69 Å². The minimum atomic E-state index is -0.213. The van der Waals surface area contributed by atoms with Gasteiger partial charge in [0.2, 0.25) is 5.78 Å². The zero-order chi connectivity index (χ0) is 12.4. The van der Waals surface area contributed by atoms with Crippen LogP contribution < -0.4 is 0 Å². The second-order valence-corrected chi connectivity index (χ2v) is 3.79. The Balaban J connectivity index is 1.93. The largest absolute Gasteiger partial charge is 0.461 e. The predicted molar refractivity (Wildman–Crippen MR) is 65.7 cm³/mol. The van der Waals surface area contributed by atoms with E-state index in [4.69, 9.17) is 4.42 Å². The first-order chi connectivity index (χ1) is 8.84. The molecule has 0 fully saturated rings. The Morgan fingerprint density at radius 3 is 2.61 bits per heavy atom. The summed E-state index contributed by atoms with van der Waals surface area (Å²) in [7, 11) is 0. The number of hydrogen-bond donors (Lipinski definition) is 0. The van der Waals surface area contributed by atoms with Crippen LogP contribution in [0.25, 0.3) is 5.69 Å². The average Bonchev–Trinajstić information content (AvgIpc) is 3.10. The van der Waals surface area contributed by atoms with E-state index < -0.39 is 0 Å². The van der Waals surface area contributed by atoms with Crippen molar-refractivity contribution in [2.45, 2.75) is 0 Å². The summed E-state index contributed by atoms with van der Waals surface area (Å²) >= 11 is 0. The van der Waals surface area contributed by atoms with Crippen molar-refractivity contribution < 1.29 is 9.21 Å². The van der Waals surface area contributed by atoms with Crippen molar-refractivity contribution in [1.29, 1.82) is 0 Å². The maximum absolute atomic E-state index is 12.0. The van der Waals surface area contributed by atoms with Gasteiger partial charge in [-0.25, -0.2) is 4.68 Å². The Morgan fingerprint density at radius 1 is 1.06 bits per heavy atom. The lowest BCUT2D eigenvalue weighted by Gasteiger charge is -1.99. The number of para-hydroxylation sites is 1. The summed E-state index contributed by atoms with van der Waals surface area (Å²) in [6, 6.07) is 14.6. The zero-order valence-electron chi connectivity index (χ0n) is 9.48. The van der Waals surface area contributed by atoms with Gasteiger partial charge in [0.25, 0.3) is 0 Å². The van der Waals surface area contributed by atoms with E-state index in [2.05, 4.69) is 5.10 Å². The minimum absolute atomic E-state index is 0.213. The lowest BCUT2D eigenvalue weighted by molar-refractivity contribution is 0.100. The number of hydrogen-bond acceptors (Lipinski definition) is 3. The Kier molecular flexibility index (Phi) is 2.53. The number of rotatable bonds is 3. The third kappa shape index (κ3) is 1.84. The molecular weight excluding hydrogens is 228 g/mol. The molecular formula is C14H10N2O2. The monoisotopic (exact) mass is 238 g/mol. The first-order valence-corrected chi connectivity index (χ1v) is 5.54. The molecule has 0 radical (unpaired) electrons. The van der Waals surface area contributed by atoms with Gasteiger partial charge in [-0.3, -0.25) is 4.79 Å². The molecule has 0 amide bonds. The highest BCUT2D eigenvalue weighted by Gasteiger charge is 2.14. The topological polar surface area (TPSA) is 48.0 Å². The number of carbonyl (C=O) groups excluding carboxylic acids is 1. The summed E-state index contributed by atoms with van der Waals surface area (Å²) in [6.07, 6.45) is 3.23. The third-order valence-electron chi connectivity index (χ3n) is 2.59. The normalized spacial score (nSPS) is 10.4. The van der Waals surface area contributed by atoms with E-state index >= 15 is 0 Å². The lowest BCUT2D eigenvalue weighted by atomic mass is 10.2. The third-order valence-corrected chi connectivity index (χ3v) is 2.59. The highest BCUT2D eigenvalue weighted by atomic mass is 16.3. The van der Waals surface area contributed by atoms with Gasteiger partial charge in [-0.1, -0.05) is 18.2 Å². The molecule has 0 aliphatic rings. The quantitative estimate of drug-likeness (QED) is 0.659. The van der Waals surface area contributed by atoms with E-state index in [-0.39, 0.29) is 5.78 Å². The fourth-order valence-corrected chi connectivity index (χ4v) is 1.70. The summed E-state index contributed by atoms with van der Waals surface area (Å²) in [5.41, 5.74) is 1.28. The Morgan fingerprint density at radius 2 is 1.89 bits per heavy atom. The number of benzene rings is 1. The van der Waals surface area contributed by atoms with E-state index in [0.717, 1.165) is 5.69 Å². The van der Waals surface area contributed by atoms with Crippen molar-refractivity contribution in [3.05, 3.63) is 72.4 Å². The van der Waals surface area contributed by atoms with E-state index in [1.54, 1.807) is 29.1 Å². The molecule has 1 aromatic carbocycles. The molecule has 2 aromatic heterocycles. The lowest BCUT2D eigenvalue weighted by Crippen LogP contribution is -2.02. The molecule has 0 unspecified atom stereocenters. The number of furan rings is 1. The minimum Gasteiger partial charge on any atom is -0.461 e. The summed E-state index contributed by atoms with van der Waals surface area (Å²) in [5.74, 6) is 0.0861. The van der Waals surface area contributed by atoms with Crippen LogP contribution >= 0.6 is 0 Å². The van der Waals surface area contributed by atoms with Crippen LogP contribution in [0.15, 0.2) is 65.4 Å². The molecule has 0 saturated carbocycles. The summed E-state index contributed by atoms with van der Waals surface area (Å²) < 4.78 is 6.73.